The van der Waals surface area contributed by atoms with Gasteiger partial charge in [0.25, 0.3) is 0 Å². The first-order valence-electron chi connectivity index (χ1n) is 6.63. The quantitative estimate of drug-likeness (QED) is 0.637. The average Bonchev–Trinajstić information content (AvgIpc) is 3.17. The summed E-state index contributed by atoms with van der Waals surface area (Å²) in [6, 6.07) is 9.25. The molecule has 1 aromatic heterocycles. The topological polar surface area (TPSA) is 44.8 Å². The average molecular weight is 314 g/mol. The summed E-state index contributed by atoms with van der Waals surface area (Å²) in [4.78, 5) is 13.0. The van der Waals surface area contributed by atoms with Crippen molar-refractivity contribution in [3.05, 3.63) is 57.8 Å². The molecular weight excluding hydrogens is 300 g/mol. The largest absolute Gasteiger partial charge is 0.497 e. The van der Waals surface area contributed by atoms with Gasteiger partial charge < -0.3 is 14.2 Å². The Morgan fingerprint density at radius 2 is 2.05 bits per heavy atom. The molecular formula is C17H14O4S. The molecule has 0 atom stereocenters. The van der Waals surface area contributed by atoms with E-state index in [9.17, 15) is 4.79 Å². The second kappa shape index (κ2) is 6.07. The molecule has 5 heteroatoms. The first kappa shape index (κ1) is 14.4. The van der Waals surface area contributed by atoms with E-state index in [1.807, 2.05) is 29.7 Å². The van der Waals surface area contributed by atoms with E-state index < -0.39 is 0 Å². The molecule has 22 heavy (non-hydrogen) atoms. The lowest BCUT2D eigenvalue weighted by molar-refractivity contribution is -0.130. The molecule has 0 radical (unpaired) electrons. The van der Waals surface area contributed by atoms with Crippen LogP contribution in [0.25, 0.3) is 11.8 Å². The van der Waals surface area contributed by atoms with Crippen LogP contribution in [-0.4, -0.2) is 20.2 Å². The van der Waals surface area contributed by atoms with Gasteiger partial charge in [0, 0.05) is 10.9 Å². The molecule has 0 spiro atoms. The van der Waals surface area contributed by atoms with Crippen molar-refractivity contribution >= 4 is 29.1 Å². The summed E-state index contributed by atoms with van der Waals surface area (Å²) in [5.74, 6) is 1.39. The standard InChI is InChI=1S/C17H14O4S/c1-19-12-5-6-14(15(10-12)20-2)16-9-11(17(18)21-16)8-13-4-3-7-22-13/h3-10H,1-2H3/b11-8+. The van der Waals surface area contributed by atoms with Crippen LogP contribution < -0.4 is 9.47 Å². The maximum absolute atomic E-state index is 12.0. The number of ether oxygens (including phenoxy) is 3. The predicted octanol–water partition coefficient (Wildman–Crippen LogP) is 3.75. The van der Waals surface area contributed by atoms with Crippen LogP contribution in [0.4, 0.5) is 0 Å². The van der Waals surface area contributed by atoms with Crippen molar-refractivity contribution in [2.45, 2.75) is 0 Å². The zero-order valence-corrected chi connectivity index (χ0v) is 13.0. The van der Waals surface area contributed by atoms with Crippen molar-refractivity contribution < 1.29 is 19.0 Å². The molecule has 0 unspecified atom stereocenters. The maximum atomic E-state index is 12.0. The zero-order chi connectivity index (χ0) is 15.5. The van der Waals surface area contributed by atoms with Gasteiger partial charge in [-0.15, -0.1) is 11.3 Å². The summed E-state index contributed by atoms with van der Waals surface area (Å²) >= 11 is 1.57. The minimum atomic E-state index is -0.360. The van der Waals surface area contributed by atoms with Crippen molar-refractivity contribution in [2.75, 3.05) is 14.2 Å². The molecule has 0 bridgehead atoms. The monoisotopic (exact) mass is 314 g/mol. The summed E-state index contributed by atoms with van der Waals surface area (Å²) in [5.41, 5.74) is 1.24. The third kappa shape index (κ3) is 2.76. The van der Waals surface area contributed by atoms with Gasteiger partial charge in [0.2, 0.25) is 0 Å². The van der Waals surface area contributed by atoms with E-state index in [0.29, 0.717) is 28.4 Å². The fourth-order valence-corrected chi connectivity index (χ4v) is 2.82. The van der Waals surface area contributed by atoms with Crippen LogP contribution in [0.15, 0.2) is 47.4 Å². The normalized spacial score (nSPS) is 15.6. The van der Waals surface area contributed by atoms with Crippen molar-refractivity contribution in [1.82, 2.24) is 0 Å². The number of esters is 1. The molecule has 1 aliphatic rings. The highest BCUT2D eigenvalue weighted by atomic mass is 32.1. The van der Waals surface area contributed by atoms with Gasteiger partial charge in [-0.2, -0.15) is 0 Å². The molecule has 2 aromatic rings. The van der Waals surface area contributed by atoms with Crippen molar-refractivity contribution in [3.63, 3.8) is 0 Å². The molecule has 0 N–H and O–H groups in total. The van der Waals surface area contributed by atoms with E-state index in [1.165, 1.54) is 0 Å². The number of carbonyl (C=O) groups is 1. The first-order chi connectivity index (χ1) is 10.7. The number of methoxy groups -OCH3 is 2. The third-order valence-electron chi connectivity index (χ3n) is 3.24. The lowest BCUT2D eigenvalue weighted by Gasteiger charge is -2.10. The second-order valence-corrected chi connectivity index (χ2v) is 5.56. The highest BCUT2D eigenvalue weighted by Crippen LogP contribution is 2.35. The Bertz CT molecular complexity index is 757. The van der Waals surface area contributed by atoms with Crippen LogP contribution >= 0.6 is 11.3 Å². The Balaban J connectivity index is 1.97. The van der Waals surface area contributed by atoms with E-state index in [-0.39, 0.29) is 5.97 Å². The fourth-order valence-electron chi connectivity index (χ4n) is 2.15. The van der Waals surface area contributed by atoms with Crippen LogP contribution in [0, 0.1) is 0 Å². The zero-order valence-electron chi connectivity index (χ0n) is 12.2. The molecule has 112 valence electrons. The first-order valence-corrected chi connectivity index (χ1v) is 7.50. The molecule has 0 aliphatic carbocycles. The van der Waals surface area contributed by atoms with Crippen molar-refractivity contribution in [3.8, 4) is 11.5 Å². The Hall–Kier alpha value is -2.53. The van der Waals surface area contributed by atoms with Gasteiger partial charge in [0.05, 0.1) is 25.4 Å². The Morgan fingerprint density at radius 1 is 1.18 bits per heavy atom. The molecule has 1 aromatic carbocycles. The smallest absolute Gasteiger partial charge is 0.343 e. The number of cyclic esters (lactones) is 1. The van der Waals surface area contributed by atoms with E-state index in [1.54, 1.807) is 43.8 Å². The van der Waals surface area contributed by atoms with Gasteiger partial charge in [0.15, 0.2) is 0 Å². The number of hydrogen-bond donors (Lipinski definition) is 0. The van der Waals surface area contributed by atoms with Crippen LogP contribution in [0.3, 0.4) is 0 Å². The minimum absolute atomic E-state index is 0.360. The summed E-state index contributed by atoms with van der Waals surface area (Å²) in [7, 11) is 3.16. The SMILES string of the molecule is COc1ccc(C2=C/C(=C\c3cccs3)C(=O)O2)c(OC)c1. The summed E-state index contributed by atoms with van der Waals surface area (Å²) < 4.78 is 15.9. The molecule has 0 saturated carbocycles. The van der Waals surface area contributed by atoms with Gasteiger partial charge >= 0.3 is 5.97 Å². The van der Waals surface area contributed by atoms with Crippen LogP contribution in [0.5, 0.6) is 11.5 Å². The molecule has 3 rings (SSSR count). The van der Waals surface area contributed by atoms with Gasteiger partial charge in [-0.3, -0.25) is 0 Å². The molecule has 4 nitrogen and oxygen atoms in total. The van der Waals surface area contributed by atoms with E-state index in [0.717, 1.165) is 4.88 Å². The van der Waals surface area contributed by atoms with Crippen molar-refractivity contribution in [2.24, 2.45) is 0 Å². The third-order valence-corrected chi connectivity index (χ3v) is 4.06. The number of thiophene rings is 1. The Kier molecular flexibility index (Phi) is 3.98. The predicted molar refractivity (Wildman–Crippen MR) is 85.9 cm³/mol. The summed E-state index contributed by atoms with van der Waals surface area (Å²) in [5, 5.41) is 1.96. The molecule has 2 heterocycles. The lowest BCUT2D eigenvalue weighted by Crippen LogP contribution is -1.98. The summed E-state index contributed by atoms with van der Waals surface area (Å²) in [6.45, 7) is 0. The van der Waals surface area contributed by atoms with Gasteiger partial charge in [0.1, 0.15) is 17.3 Å². The Labute approximate surface area is 132 Å². The summed E-state index contributed by atoms with van der Waals surface area (Å²) in [6.07, 6.45) is 3.54. The van der Waals surface area contributed by atoms with Crippen LogP contribution in [0.1, 0.15) is 10.4 Å². The lowest BCUT2D eigenvalue weighted by atomic mass is 10.1. The number of benzene rings is 1. The van der Waals surface area contributed by atoms with E-state index in [4.69, 9.17) is 14.2 Å². The molecule has 0 fully saturated rings. The van der Waals surface area contributed by atoms with Crippen LogP contribution in [-0.2, 0) is 9.53 Å². The maximum Gasteiger partial charge on any atom is 0.343 e. The number of rotatable bonds is 4. The highest BCUT2D eigenvalue weighted by molar-refractivity contribution is 7.10. The minimum Gasteiger partial charge on any atom is -0.497 e. The fraction of sp³-hybridized carbons (Fsp3) is 0.118. The highest BCUT2D eigenvalue weighted by Gasteiger charge is 2.24. The number of carbonyl (C=O) groups excluding carboxylic acids is 1. The van der Waals surface area contributed by atoms with Crippen molar-refractivity contribution in [1.29, 1.82) is 0 Å². The van der Waals surface area contributed by atoms with Gasteiger partial charge in [-0.05, 0) is 35.7 Å². The van der Waals surface area contributed by atoms with E-state index in [2.05, 4.69) is 0 Å². The number of hydrogen-bond acceptors (Lipinski definition) is 5. The molecule has 0 saturated heterocycles. The molecule has 1 aliphatic heterocycles. The van der Waals surface area contributed by atoms with Crippen LogP contribution in [0.2, 0.25) is 0 Å². The van der Waals surface area contributed by atoms with Gasteiger partial charge in [-0.1, -0.05) is 6.07 Å². The molecule has 0 amide bonds. The van der Waals surface area contributed by atoms with E-state index >= 15 is 0 Å². The Morgan fingerprint density at radius 3 is 2.73 bits per heavy atom. The second-order valence-electron chi connectivity index (χ2n) is 4.58. The van der Waals surface area contributed by atoms with Gasteiger partial charge in [-0.25, -0.2) is 4.79 Å².